The molecule has 1 heterocycles. The summed E-state index contributed by atoms with van der Waals surface area (Å²) in [4.78, 5) is 26.7. The second kappa shape index (κ2) is 11.9. The molecule has 1 saturated heterocycles. The number of nitrogens with one attached hydrogen (secondary N) is 5. The molecule has 9 nitrogen and oxygen atoms in total. The molecular formula is C29H46BN5O4. The van der Waals surface area contributed by atoms with Crippen molar-refractivity contribution in [3.05, 3.63) is 35.9 Å². The molecule has 0 spiro atoms. The lowest BCUT2D eigenvalue weighted by molar-refractivity contribution is -0.199. The fourth-order valence-electron chi connectivity index (χ4n) is 6.81. The van der Waals surface area contributed by atoms with E-state index in [9.17, 15) is 9.59 Å². The minimum absolute atomic E-state index is 0.0352. The van der Waals surface area contributed by atoms with Crippen LogP contribution in [0, 0.1) is 28.6 Å². The maximum atomic E-state index is 13.7. The van der Waals surface area contributed by atoms with E-state index in [1.165, 1.54) is 6.42 Å². The average Bonchev–Trinajstić information content (AvgIpc) is 3.27. The van der Waals surface area contributed by atoms with Crippen molar-refractivity contribution in [3.8, 4) is 0 Å². The number of guanidine groups is 1. The van der Waals surface area contributed by atoms with Gasteiger partial charge in [-0.05, 0) is 74.3 Å². The first-order chi connectivity index (χ1) is 18.5. The molecule has 2 bridgehead atoms. The smallest absolute Gasteiger partial charge is 0.404 e. The SMILES string of the molecule is CNC(=N)NCCC[C@H](NC(=O)c1ccccc1)C(=O)N[C@@H](CC(C)C)B1O[C@@H]2C[C@@H]3C[C@@H](C3(C)C)[C@]2(C)O1. The Hall–Kier alpha value is -2.59. The first kappa shape index (κ1) is 29.4. The highest BCUT2D eigenvalue weighted by molar-refractivity contribution is 6.48. The first-order valence-electron chi connectivity index (χ1n) is 14.5. The van der Waals surface area contributed by atoms with Gasteiger partial charge in [0.25, 0.3) is 5.91 Å². The number of carbonyl (C=O) groups excluding carboxylic acids is 2. The molecule has 6 atom stereocenters. The molecule has 0 aromatic heterocycles. The van der Waals surface area contributed by atoms with E-state index in [0.29, 0.717) is 49.1 Å². The van der Waals surface area contributed by atoms with Crippen LogP contribution in [0.2, 0.25) is 0 Å². The Labute approximate surface area is 233 Å². The number of carbonyl (C=O) groups is 2. The van der Waals surface area contributed by atoms with Crippen molar-refractivity contribution in [2.24, 2.45) is 23.2 Å². The molecule has 5 N–H and O–H groups in total. The summed E-state index contributed by atoms with van der Waals surface area (Å²) in [6.07, 6.45) is 3.92. The van der Waals surface area contributed by atoms with Crippen LogP contribution >= 0.6 is 0 Å². The summed E-state index contributed by atoms with van der Waals surface area (Å²) in [5.41, 5.74) is 0.392. The Morgan fingerprint density at radius 2 is 1.85 bits per heavy atom. The van der Waals surface area contributed by atoms with E-state index in [-0.39, 0.29) is 40.8 Å². The number of hydrogen-bond acceptors (Lipinski definition) is 5. The van der Waals surface area contributed by atoms with Gasteiger partial charge in [-0.2, -0.15) is 0 Å². The van der Waals surface area contributed by atoms with Crippen molar-refractivity contribution < 1.29 is 18.9 Å². The summed E-state index contributed by atoms with van der Waals surface area (Å²) < 4.78 is 13.2. The second-order valence-electron chi connectivity index (χ2n) is 12.7. The van der Waals surface area contributed by atoms with Gasteiger partial charge < -0.3 is 30.6 Å². The van der Waals surface area contributed by atoms with E-state index in [2.05, 4.69) is 55.9 Å². The highest BCUT2D eigenvalue weighted by Gasteiger charge is 2.68. The zero-order chi connectivity index (χ0) is 28.4. The molecule has 2 amide bonds. The molecule has 1 aliphatic heterocycles. The maximum Gasteiger partial charge on any atom is 0.481 e. The maximum absolute atomic E-state index is 13.7. The van der Waals surface area contributed by atoms with Gasteiger partial charge in [-0.1, -0.05) is 45.9 Å². The molecule has 3 saturated carbocycles. The van der Waals surface area contributed by atoms with Gasteiger partial charge in [0.05, 0.1) is 17.6 Å². The van der Waals surface area contributed by atoms with Crippen LogP contribution in [-0.4, -0.2) is 62.2 Å². The Kier molecular flexibility index (Phi) is 8.96. The van der Waals surface area contributed by atoms with Gasteiger partial charge in [-0.25, -0.2) is 0 Å². The number of benzene rings is 1. The van der Waals surface area contributed by atoms with Crippen molar-refractivity contribution >= 4 is 24.9 Å². The third-order valence-electron chi connectivity index (χ3n) is 9.23. The van der Waals surface area contributed by atoms with Gasteiger partial charge in [0.2, 0.25) is 5.91 Å². The van der Waals surface area contributed by atoms with Gasteiger partial charge in [0.1, 0.15) is 6.04 Å². The molecule has 39 heavy (non-hydrogen) atoms. The highest BCUT2D eigenvalue weighted by atomic mass is 16.7. The van der Waals surface area contributed by atoms with E-state index in [0.717, 1.165) is 6.42 Å². The van der Waals surface area contributed by atoms with Gasteiger partial charge in [-0.15, -0.1) is 0 Å². The Bertz CT molecular complexity index is 1040. The van der Waals surface area contributed by atoms with Crippen molar-refractivity contribution in [2.75, 3.05) is 13.6 Å². The van der Waals surface area contributed by atoms with Crippen LogP contribution in [0.15, 0.2) is 30.3 Å². The van der Waals surface area contributed by atoms with E-state index in [1.807, 2.05) is 6.07 Å². The van der Waals surface area contributed by atoms with Gasteiger partial charge in [-0.3, -0.25) is 15.0 Å². The lowest BCUT2D eigenvalue weighted by Crippen LogP contribution is -2.65. The van der Waals surface area contributed by atoms with E-state index < -0.39 is 13.2 Å². The fourth-order valence-corrected chi connectivity index (χ4v) is 6.81. The van der Waals surface area contributed by atoms with Crippen LogP contribution in [0.25, 0.3) is 0 Å². The zero-order valence-corrected chi connectivity index (χ0v) is 24.3. The lowest BCUT2D eigenvalue weighted by atomic mass is 9.43. The van der Waals surface area contributed by atoms with Gasteiger partial charge in [0, 0.05) is 19.2 Å². The molecule has 5 rings (SSSR count). The van der Waals surface area contributed by atoms with Crippen molar-refractivity contribution in [2.45, 2.75) is 90.4 Å². The molecule has 0 unspecified atom stereocenters. The van der Waals surface area contributed by atoms with Gasteiger partial charge in [0.15, 0.2) is 5.96 Å². The topological polar surface area (TPSA) is 125 Å². The molecular weight excluding hydrogens is 493 g/mol. The van der Waals surface area contributed by atoms with E-state index in [4.69, 9.17) is 14.7 Å². The lowest BCUT2D eigenvalue weighted by Gasteiger charge is -2.64. The van der Waals surface area contributed by atoms with E-state index >= 15 is 0 Å². The first-order valence-corrected chi connectivity index (χ1v) is 14.5. The molecule has 4 fully saturated rings. The number of rotatable bonds is 11. The summed E-state index contributed by atoms with van der Waals surface area (Å²) in [5.74, 6) is 0.760. The summed E-state index contributed by atoms with van der Waals surface area (Å²) in [5, 5.41) is 19.5. The van der Waals surface area contributed by atoms with Crippen molar-refractivity contribution in [3.63, 3.8) is 0 Å². The van der Waals surface area contributed by atoms with Crippen LogP contribution in [0.4, 0.5) is 0 Å². The molecule has 214 valence electrons. The quantitative estimate of drug-likeness (QED) is 0.127. The molecule has 10 heteroatoms. The molecule has 4 aliphatic rings. The number of amides is 2. The van der Waals surface area contributed by atoms with Crippen molar-refractivity contribution in [1.29, 1.82) is 5.41 Å². The Morgan fingerprint density at radius 3 is 2.49 bits per heavy atom. The minimum atomic E-state index is -0.732. The van der Waals surface area contributed by atoms with Crippen LogP contribution in [0.5, 0.6) is 0 Å². The van der Waals surface area contributed by atoms with Crippen LogP contribution in [-0.2, 0) is 14.1 Å². The van der Waals surface area contributed by atoms with Gasteiger partial charge >= 0.3 is 7.12 Å². The Morgan fingerprint density at radius 1 is 1.13 bits per heavy atom. The summed E-state index contributed by atoms with van der Waals surface area (Å²) in [6, 6.07) is 8.19. The summed E-state index contributed by atoms with van der Waals surface area (Å²) >= 11 is 0. The summed E-state index contributed by atoms with van der Waals surface area (Å²) in [7, 11) is 1.15. The van der Waals surface area contributed by atoms with Crippen LogP contribution in [0.1, 0.15) is 77.1 Å². The zero-order valence-electron chi connectivity index (χ0n) is 24.3. The third-order valence-corrected chi connectivity index (χ3v) is 9.23. The molecule has 0 radical (unpaired) electrons. The van der Waals surface area contributed by atoms with Crippen molar-refractivity contribution in [1.82, 2.24) is 21.3 Å². The normalized spacial score (nSPS) is 28.1. The molecule has 3 aliphatic carbocycles. The highest BCUT2D eigenvalue weighted by Crippen LogP contribution is 2.65. The predicted octanol–water partition coefficient (Wildman–Crippen LogP) is 3.11. The fraction of sp³-hybridized carbons (Fsp3) is 0.690. The predicted molar refractivity (Wildman–Crippen MR) is 153 cm³/mol. The van der Waals surface area contributed by atoms with E-state index in [1.54, 1.807) is 31.3 Å². The van der Waals surface area contributed by atoms with Crippen LogP contribution < -0.4 is 21.3 Å². The third kappa shape index (κ3) is 6.27. The second-order valence-corrected chi connectivity index (χ2v) is 12.7. The average molecular weight is 540 g/mol. The Balaban J connectivity index is 1.46. The molecule has 1 aromatic carbocycles. The molecule has 1 aromatic rings. The summed E-state index contributed by atoms with van der Waals surface area (Å²) in [6.45, 7) is 11.6. The van der Waals surface area contributed by atoms with Crippen LogP contribution in [0.3, 0.4) is 0 Å². The minimum Gasteiger partial charge on any atom is -0.404 e. The monoisotopic (exact) mass is 539 g/mol. The largest absolute Gasteiger partial charge is 0.481 e. The standard InChI is InChI=1S/C29H46BN5O4/c1-18(2)15-24(30-38-23-17-20-16-22(28(20,3)4)29(23,5)39-30)35-26(37)21(13-10-14-33-27(31)32-6)34-25(36)19-11-8-7-9-12-19/h7-9,11-12,18,20-24H,10,13-17H2,1-6H3,(H,34,36)(H,35,37)(H3,31,32,33)/t20-,21-,22-,23+,24-,29-/m0/s1. The number of hydrogen-bond donors (Lipinski definition) is 5.